The average Bonchev–Trinajstić information content (AvgIpc) is 3.19. The summed E-state index contributed by atoms with van der Waals surface area (Å²) in [5.74, 6) is -1.65. The zero-order valence-corrected chi connectivity index (χ0v) is 17.0. The molecule has 0 aromatic heterocycles. The molecule has 1 saturated heterocycles. The van der Waals surface area contributed by atoms with Gasteiger partial charge in [-0.1, -0.05) is 17.7 Å². The Morgan fingerprint density at radius 1 is 1.14 bits per heavy atom. The Morgan fingerprint density at radius 3 is 2.52 bits per heavy atom. The maximum atomic E-state index is 13.1. The molecule has 154 valence electrons. The van der Waals surface area contributed by atoms with E-state index in [2.05, 4.69) is 0 Å². The molecule has 0 amide bonds. The molecule has 29 heavy (non-hydrogen) atoms. The second-order valence-corrected chi connectivity index (χ2v) is 8.97. The van der Waals surface area contributed by atoms with E-state index >= 15 is 0 Å². The van der Waals surface area contributed by atoms with Gasteiger partial charge in [-0.25, -0.2) is 12.8 Å². The third kappa shape index (κ3) is 4.54. The Hall–Kier alpha value is -2.58. The fourth-order valence-corrected chi connectivity index (χ4v) is 5.00. The van der Waals surface area contributed by atoms with Crippen LogP contribution >= 0.6 is 0 Å². The van der Waals surface area contributed by atoms with E-state index in [1.165, 1.54) is 0 Å². The van der Waals surface area contributed by atoms with Crippen molar-refractivity contribution in [2.24, 2.45) is 0 Å². The van der Waals surface area contributed by atoms with Crippen LogP contribution in [0.3, 0.4) is 0 Å². The van der Waals surface area contributed by atoms with Gasteiger partial charge >= 0.3 is 5.97 Å². The van der Waals surface area contributed by atoms with Crippen LogP contribution in [0, 0.1) is 19.7 Å². The highest BCUT2D eigenvalue weighted by Crippen LogP contribution is 2.27. The number of nitrogens with zero attached hydrogens (tertiary/aromatic N) is 1. The molecule has 1 atom stereocenters. The van der Waals surface area contributed by atoms with Crippen molar-refractivity contribution in [1.82, 2.24) is 4.31 Å². The summed E-state index contributed by atoms with van der Waals surface area (Å²) in [7, 11) is -3.97. The summed E-state index contributed by atoms with van der Waals surface area (Å²) in [5, 5.41) is 0. The third-order valence-electron chi connectivity index (χ3n) is 4.93. The highest BCUT2D eigenvalue weighted by atomic mass is 32.2. The van der Waals surface area contributed by atoms with Gasteiger partial charge in [-0.05, 0) is 62.6 Å². The Kier molecular flexibility index (Phi) is 6.14. The summed E-state index contributed by atoms with van der Waals surface area (Å²) in [6.07, 6.45) is 0.794. The van der Waals surface area contributed by atoms with Crippen molar-refractivity contribution in [2.45, 2.75) is 37.6 Å². The number of aryl methyl sites for hydroxylation is 2. The van der Waals surface area contributed by atoms with Gasteiger partial charge in [-0.2, -0.15) is 4.31 Å². The fraction of sp³-hybridized carbons (Fsp3) is 0.333. The molecule has 1 aliphatic rings. The molecule has 1 fully saturated rings. The van der Waals surface area contributed by atoms with Crippen LogP contribution in [0.4, 0.5) is 4.39 Å². The highest BCUT2D eigenvalue weighted by molar-refractivity contribution is 7.89. The molecule has 0 aliphatic carbocycles. The topological polar surface area (TPSA) is 80.8 Å². The Morgan fingerprint density at radius 2 is 1.83 bits per heavy atom. The second kappa shape index (κ2) is 8.42. The molecule has 0 bridgehead atoms. The minimum absolute atomic E-state index is 0.0925. The normalized spacial score (nSPS) is 17.3. The first kappa shape index (κ1) is 21.1. The number of ether oxygens (including phenoxy) is 1. The van der Waals surface area contributed by atoms with Gasteiger partial charge in [0.15, 0.2) is 6.61 Å². The van der Waals surface area contributed by atoms with E-state index in [0.29, 0.717) is 18.4 Å². The number of ketones is 1. The average molecular weight is 419 g/mol. The van der Waals surface area contributed by atoms with Crippen molar-refractivity contribution < 1.29 is 27.1 Å². The summed E-state index contributed by atoms with van der Waals surface area (Å²) in [5.41, 5.74) is 2.16. The predicted molar refractivity (Wildman–Crippen MR) is 105 cm³/mol. The van der Waals surface area contributed by atoms with Crippen LogP contribution in [0.25, 0.3) is 0 Å². The minimum Gasteiger partial charge on any atom is -0.456 e. The van der Waals surface area contributed by atoms with Crippen LogP contribution in [0.15, 0.2) is 47.4 Å². The first-order valence-corrected chi connectivity index (χ1v) is 10.7. The number of hydrogen-bond acceptors (Lipinski definition) is 5. The molecule has 1 aliphatic heterocycles. The van der Waals surface area contributed by atoms with Crippen molar-refractivity contribution in [3.8, 4) is 0 Å². The van der Waals surface area contributed by atoms with Crippen molar-refractivity contribution >= 4 is 21.8 Å². The Balaban J connectivity index is 1.71. The number of hydrogen-bond donors (Lipinski definition) is 0. The lowest BCUT2D eigenvalue weighted by atomic mass is 10.0. The van der Waals surface area contributed by atoms with E-state index in [9.17, 15) is 22.4 Å². The number of esters is 1. The molecule has 0 radical (unpaired) electrons. The van der Waals surface area contributed by atoms with Gasteiger partial charge in [0, 0.05) is 12.1 Å². The molecule has 0 unspecified atom stereocenters. The number of carbonyl (C=O) groups is 2. The van der Waals surface area contributed by atoms with Crippen molar-refractivity contribution in [2.75, 3.05) is 13.2 Å². The van der Waals surface area contributed by atoms with Gasteiger partial charge in [0.25, 0.3) is 0 Å². The van der Waals surface area contributed by atoms with Crippen LogP contribution in [0.5, 0.6) is 0 Å². The first-order valence-electron chi connectivity index (χ1n) is 9.24. The predicted octanol–water partition coefficient (Wildman–Crippen LogP) is 3.02. The number of carbonyl (C=O) groups excluding carboxylic acids is 2. The van der Waals surface area contributed by atoms with Crippen LogP contribution in [-0.4, -0.2) is 43.7 Å². The van der Waals surface area contributed by atoms with E-state index in [4.69, 9.17) is 4.74 Å². The van der Waals surface area contributed by atoms with Crippen LogP contribution in [0.1, 0.15) is 34.3 Å². The number of sulfonamides is 1. The molecule has 2 aromatic carbocycles. The molecular formula is C21H22FNO5S. The first-order chi connectivity index (χ1) is 13.7. The summed E-state index contributed by atoms with van der Waals surface area (Å²) in [6, 6.07) is 8.86. The van der Waals surface area contributed by atoms with Gasteiger partial charge in [0.1, 0.15) is 11.9 Å². The number of benzene rings is 2. The summed E-state index contributed by atoms with van der Waals surface area (Å²) >= 11 is 0. The van der Waals surface area contributed by atoms with Gasteiger partial charge in [-0.15, -0.1) is 0 Å². The van der Waals surface area contributed by atoms with Crippen molar-refractivity contribution in [3.63, 3.8) is 0 Å². The number of halogens is 1. The Labute approximate surface area is 169 Å². The molecule has 0 spiro atoms. The second-order valence-electron chi connectivity index (χ2n) is 7.08. The number of rotatable bonds is 6. The zero-order valence-electron chi connectivity index (χ0n) is 16.2. The lowest BCUT2D eigenvalue weighted by Gasteiger charge is -2.22. The molecule has 6 nitrogen and oxygen atoms in total. The molecule has 0 saturated carbocycles. The maximum absolute atomic E-state index is 13.1. The standard InChI is InChI=1S/C21H22FNO5S/c1-14-5-6-15(2)18(12-14)20(24)13-28-21(25)19-4-3-11-23(19)29(26,27)17-9-7-16(22)8-10-17/h5-10,12,19H,3-4,11,13H2,1-2H3/t19-/m0/s1. The third-order valence-corrected chi connectivity index (χ3v) is 6.86. The molecule has 8 heteroatoms. The quantitative estimate of drug-likeness (QED) is 0.531. The van der Waals surface area contributed by atoms with Crippen LogP contribution < -0.4 is 0 Å². The van der Waals surface area contributed by atoms with Gasteiger partial charge in [-0.3, -0.25) is 9.59 Å². The van der Waals surface area contributed by atoms with Gasteiger partial charge in [0.05, 0.1) is 4.90 Å². The minimum atomic E-state index is -3.97. The van der Waals surface area contributed by atoms with Crippen LogP contribution in [-0.2, 0) is 19.6 Å². The van der Waals surface area contributed by atoms with Crippen molar-refractivity contribution in [1.29, 1.82) is 0 Å². The smallest absolute Gasteiger partial charge is 0.324 e. The summed E-state index contributed by atoms with van der Waals surface area (Å²) in [4.78, 5) is 24.9. The molecule has 0 N–H and O–H groups in total. The highest BCUT2D eigenvalue weighted by Gasteiger charge is 2.40. The maximum Gasteiger partial charge on any atom is 0.324 e. The SMILES string of the molecule is Cc1ccc(C)c(C(=O)COC(=O)[C@@H]2CCCN2S(=O)(=O)c2ccc(F)cc2)c1. The number of Topliss-reactive ketones (excluding diaryl/α,β-unsaturated/α-hetero) is 1. The van der Waals surface area contributed by atoms with Crippen LogP contribution in [0.2, 0.25) is 0 Å². The van der Waals surface area contributed by atoms with E-state index in [0.717, 1.165) is 39.7 Å². The van der Waals surface area contributed by atoms with E-state index < -0.39 is 34.5 Å². The van der Waals surface area contributed by atoms with E-state index in [1.54, 1.807) is 13.0 Å². The largest absolute Gasteiger partial charge is 0.456 e. The zero-order chi connectivity index (χ0) is 21.2. The van der Waals surface area contributed by atoms with Gasteiger partial charge < -0.3 is 4.74 Å². The molecule has 1 heterocycles. The molecule has 2 aromatic rings. The monoisotopic (exact) mass is 419 g/mol. The summed E-state index contributed by atoms with van der Waals surface area (Å²) in [6.45, 7) is 3.36. The van der Waals surface area contributed by atoms with Crippen molar-refractivity contribution in [3.05, 3.63) is 65.0 Å². The Bertz CT molecular complexity index is 1030. The lowest BCUT2D eigenvalue weighted by Crippen LogP contribution is -2.41. The van der Waals surface area contributed by atoms with E-state index in [-0.39, 0.29) is 17.2 Å². The molecule has 3 rings (SSSR count). The summed E-state index contributed by atoms with van der Waals surface area (Å²) < 4.78 is 45.0. The van der Waals surface area contributed by atoms with E-state index in [1.807, 2.05) is 19.1 Å². The van der Waals surface area contributed by atoms with Gasteiger partial charge in [0.2, 0.25) is 15.8 Å². The molecular weight excluding hydrogens is 397 g/mol. The lowest BCUT2D eigenvalue weighted by molar-refractivity contribution is -0.146. The fourth-order valence-electron chi connectivity index (χ4n) is 3.35.